The lowest BCUT2D eigenvalue weighted by Gasteiger charge is -2.29. The van der Waals surface area contributed by atoms with Crippen molar-refractivity contribution < 1.29 is 19.4 Å². The first-order valence-electron chi connectivity index (χ1n) is 6.00. The van der Waals surface area contributed by atoms with Gasteiger partial charge in [0.2, 0.25) is 0 Å². The minimum atomic E-state index is -0.667. The van der Waals surface area contributed by atoms with Crippen molar-refractivity contribution in [3.8, 4) is 0 Å². The molecule has 0 aliphatic carbocycles. The van der Waals surface area contributed by atoms with Gasteiger partial charge in [0.1, 0.15) is 6.04 Å². The highest BCUT2D eigenvalue weighted by molar-refractivity contribution is 5.76. The molecule has 0 saturated carbocycles. The summed E-state index contributed by atoms with van der Waals surface area (Å²) in [6.45, 7) is 10.2. The third-order valence-electron chi connectivity index (χ3n) is 2.41. The van der Waals surface area contributed by atoms with Crippen molar-refractivity contribution in [3.63, 3.8) is 0 Å². The van der Waals surface area contributed by atoms with Gasteiger partial charge in [-0.3, -0.25) is 4.79 Å². The number of carbonyl (C=O) groups excluding carboxylic acids is 1. The molecule has 5 heteroatoms. The summed E-state index contributed by atoms with van der Waals surface area (Å²) in [4.78, 5) is 11.6. The summed E-state index contributed by atoms with van der Waals surface area (Å²) in [5, 5.41) is 12.7. The molecule has 0 amide bonds. The number of carbonyl (C=O) groups is 1. The predicted octanol–water partition coefficient (Wildman–Crippen LogP) is 0.727. The van der Waals surface area contributed by atoms with Gasteiger partial charge in [0, 0.05) is 6.54 Å². The van der Waals surface area contributed by atoms with Crippen molar-refractivity contribution in [2.24, 2.45) is 5.41 Å². The lowest BCUT2D eigenvalue weighted by molar-refractivity contribution is -0.146. The van der Waals surface area contributed by atoms with Crippen LogP contribution in [-0.2, 0) is 14.3 Å². The third kappa shape index (κ3) is 6.74. The SMILES string of the molecule is C=CCOCC(O)CNC(C(=O)OC)C(C)(C)C. The van der Waals surface area contributed by atoms with E-state index >= 15 is 0 Å². The van der Waals surface area contributed by atoms with E-state index in [4.69, 9.17) is 9.47 Å². The summed E-state index contributed by atoms with van der Waals surface area (Å²) in [6.07, 6.45) is 0.950. The van der Waals surface area contributed by atoms with Gasteiger partial charge in [0.25, 0.3) is 0 Å². The molecule has 0 aromatic heterocycles. The quantitative estimate of drug-likeness (QED) is 0.382. The number of aliphatic hydroxyl groups excluding tert-OH is 1. The number of hydrogen-bond acceptors (Lipinski definition) is 5. The molecule has 0 rings (SSSR count). The molecule has 0 aromatic carbocycles. The van der Waals surface area contributed by atoms with Crippen molar-refractivity contribution in [2.75, 3.05) is 26.9 Å². The second-order valence-electron chi connectivity index (χ2n) is 5.21. The van der Waals surface area contributed by atoms with Crippen molar-refractivity contribution in [1.29, 1.82) is 0 Å². The monoisotopic (exact) mass is 259 g/mol. The fraction of sp³-hybridized carbons (Fsp3) is 0.769. The Hall–Kier alpha value is -0.910. The summed E-state index contributed by atoms with van der Waals surface area (Å²) in [5.74, 6) is -0.332. The molecule has 106 valence electrons. The zero-order valence-electron chi connectivity index (χ0n) is 11.7. The Morgan fingerprint density at radius 2 is 2.11 bits per heavy atom. The van der Waals surface area contributed by atoms with Crippen LogP contribution in [0.2, 0.25) is 0 Å². The molecular formula is C13H25NO4. The molecule has 2 unspecified atom stereocenters. The summed E-state index contributed by atoms with van der Waals surface area (Å²) in [5.41, 5.74) is -0.283. The molecule has 0 heterocycles. The summed E-state index contributed by atoms with van der Waals surface area (Å²) in [6, 6.07) is -0.462. The first-order valence-corrected chi connectivity index (χ1v) is 6.00. The average Bonchev–Trinajstić information content (AvgIpc) is 2.27. The van der Waals surface area contributed by atoms with Crippen LogP contribution >= 0.6 is 0 Å². The van der Waals surface area contributed by atoms with Crippen LogP contribution in [0.3, 0.4) is 0 Å². The Labute approximate surface area is 109 Å². The van der Waals surface area contributed by atoms with E-state index in [9.17, 15) is 9.90 Å². The van der Waals surface area contributed by atoms with Crippen LogP contribution in [0.1, 0.15) is 20.8 Å². The van der Waals surface area contributed by atoms with Gasteiger partial charge in [-0.1, -0.05) is 26.8 Å². The Bertz CT molecular complexity index is 260. The Morgan fingerprint density at radius 3 is 2.56 bits per heavy atom. The first kappa shape index (κ1) is 17.1. The fourth-order valence-electron chi connectivity index (χ4n) is 1.46. The van der Waals surface area contributed by atoms with Gasteiger partial charge in [-0.2, -0.15) is 0 Å². The van der Waals surface area contributed by atoms with E-state index in [0.29, 0.717) is 6.61 Å². The van der Waals surface area contributed by atoms with Crippen LogP contribution in [0.4, 0.5) is 0 Å². The van der Waals surface area contributed by atoms with E-state index < -0.39 is 12.1 Å². The topological polar surface area (TPSA) is 67.8 Å². The molecule has 2 N–H and O–H groups in total. The molecule has 5 nitrogen and oxygen atoms in total. The van der Waals surface area contributed by atoms with Crippen molar-refractivity contribution in [1.82, 2.24) is 5.32 Å². The highest BCUT2D eigenvalue weighted by Gasteiger charge is 2.32. The van der Waals surface area contributed by atoms with Crippen molar-refractivity contribution >= 4 is 5.97 Å². The average molecular weight is 259 g/mol. The van der Waals surface area contributed by atoms with Crippen LogP contribution in [0.15, 0.2) is 12.7 Å². The van der Waals surface area contributed by atoms with Crippen LogP contribution in [0, 0.1) is 5.41 Å². The molecule has 2 atom stereocenters. The second kappa shape index (κ2) is 8.24. The zero-order valence-corrected chi connectivity index (χ0v) is 11.7. The number of esters is 1. The molecule has 0 spiro atoms. The molecule has 0 bridgehead atoms. The Morgan fingerprint density at radius 1 is 1.50 bits per heavy atom. The van der Waals surface area contributed by atoms with E-state index in [1.165, 1.54) is 7.11 Å². The molecule has 0 aliphatic heterocycles. The van der Waals surface area contributed by atoms with Crippen LogP contribution in [0.25, 0.3) is 0 Å². The number of nitrogens with one attached hydrogen (secondary N) is 1. The molecule has 0 aromatic rings. The molecule has 0 fully saturated rings. The fourth-order valence-corrected chi connectivity index (χ4v) is 1.46. The van der Waals surface area contributed by atoms with E-state index in [0.717, 1.165) is 0 Å². The number of ether oxygens (including phenoxy) is 2. The summed E-state index contributed by atoms with van der Waals surface area (Å²) in [7, 11) is 1.35. The molecule has 18 heavy (non-hydrogen) atoms. The maximum Gasteiger partial charge on any atom is 0.323 e. The largest absolute Gasteiger partial charge is 0.468 e. The minimum Gasteiger partial charge on any atom is -0.468 e. The standard InChI is InChI=1S/C13H25NO4/c1-6-7-18-9-10(15)8-14-11(12(16)17-5)13(2,3)4/h6,10-11,14-15H,1,7-9H2,2-5H3. The maximum atomic E-state index is 11.6. The van der Waals surface area contributed by atoms with Crippen molar-refractivity contribution in [2.45, 2.75) is 32.9 Å². The van der Waals surface area contributed by atoms with Gasteiger partial charge >= 0.3 is 5.97 Å². The zero-order chi connectivity index (χ0) is 14.2. The van der Waals surface area contributed by atoms with Gasteiger partial charge in [-0.15, -0.1) is 6.58 Å². The predicted molar refractivity (Wildman–Crippen MR) is 70.3 cm³/mol. The van der Waals surface area contributed by atoms with Crippen LogP contribution in [-0.4, -0.2) is 50.1 Å². The van der Waals surface area contributed by atoms with Crippen LogP contribution < -0.4 is 5.32 Å². The number of rotatable bonds is 8. The molecule has 0 saturated heterocycles. The van der Waals surface area contributed by atoms with Crippen LogP contribution in [0.5, 0.6) is 0 Å². The Kier molecular flexibility index (Phi) is 7.82. The van der Waals surface area contributed by atoms with Crippen molar-refractivity contribution in [3.05, 3.63) is 12.7 Å². The highest BCUT2D eigenvalue weighted by Crippen LogP contribution is 2.20. The number of hydrogen-bond donors (Lipinski definition) is 2. The molecular weight excluding hydrogens is 234 g/mol. The van der Waals surface area contributed by atoms with E-state index in [2.05, 4.69) is 11.9 Å². The maximum absolute atomic E-state index is 11.6. The lowest BCUT2D eigenvalue weighted by atomic mass is 9.86. The number of aliphatic hydroxyl groups is 1. The van der Waals surface area contributed by atoms with Gasteiger partial charge in [0.05, 0.1) is 26.4 Å². The molecule has 0 radical (unpaired) electrons. The van der Waals surface area contributed by atoms with E-state index in [1.54, 1.807) is 6.08 Å². The Balaban J connectivity index is 4.19. The second-order valence-corrected chi connectivity index (χ2v) is 5.21. The van der Waals surface area contributed by atoms with Gasteiger partial charge < -0.3 is 19.9 Å². The number of methoxy groups -OCH3 is 1. The third-order valence-corrected chi connectivity index (χ3v) is 2.41. The highest BCUT2D eigenvalue weighted by atomic mass is 16.5. The summed E-state index contributed by atoms with van der Waals surface area (Å²) < 4.78 is 9.87. The smallest absolute Gasteiger partial charge is 0.323 e. The lowest BCUT2D eigenvalue weighted by Crippen LogP contribution is -2.50. The summed E-state index contributed by atoms with van der Waals surface area (Å²) >= 11 is 0. The van der Waals surface area contributed by atoms with Gasteiger partial charge in [-0.25, -0.2) is 0 Å². The van der Waals surface area contributed by atoms with Gasteiger partial charge in [-0.05, 0) is 5.41 Å². The normalized spacial score (nSPS) is 14.9. The first-order chi connectivity index (χ1) is 8.32. The van der Waals surface area contributed by atoms with Gasteiger partial charge in [0.15, 0.2) is 0 Å². The minimum absolute atomic E-state index is 0.205. The molecule has 0 aliphatic rings. The van der Waals surface area contributed by atoms with E-state index in [1.807, 2.05) is 20.8 Å². The van der Waals surface area contributed by atoms with E-state index in [-0.39, 0.29) is 24.5 Å².